The molecule has 0 fully saturated rings. The van der Waals surface area contributed by atoms with Crippen molar-refractivity contribution in [1.29, 1.82) is 0 Å². The van der Waals surface area contributed by atoms with E-state index in [1.54, 1.807) is 0 Å². The van der Waals surface area contributed by atoms with Gasteiger partial charge >= 0.3 is 5.97 Å². The standard InChI is InChI=1S/C11H11N3O2/c1-16-11(15)10-7-12-14(13-10)8-9-5-3-2-4-6-9/h2-7H,8H2,1H3. The van der Waals surface area contributed by atoms with Crippen LogP contribution in [0.4, 0.5) is 0 Å². The second-order valence-corrected chi connectivity index (χ2v) is 3.24. The van der Waals surface area contributed by atoms with E-state index >= 15 is 0 Å². The number of methoxy groups -OCH3 is 1. The second kappa shape index (κ2) is 4.57. The minimum absolute atomic E-state index is 0.221. The van der Waals surface area contributed by atoms with Crippen molar-refractivity contribution in [2.24, 2.45) is 0 Å². The zero-order valence-electron chi connectivity index (χ0n) is 8.83. The first kappa shape index (κ1) is 10.4. The predicted molar refractivity (Wildman–Crippen MR) is 56.9 cm³/mol. The van der Waals surface area contributed by atoms with E-state index in [0.29, 0.717) is 6.54 Å². The number of carbonyl (C=O) groups is 1. The summed E-state index contributed by atoms with van der Waals surface area (Å²) in [6, 6.07) is 9.78. The van der Waals surface area contributed by atoms with Gasteiger partial charge < -0.3 is 4.74 Å². The van der Waals surface area contributed by atoms with Crippen LogP contribution in [0.5, 0.6) is 0 Å². The minimum Gasteiger partial charge on any atom is -0.464 e. The number of aromatic nitrogens is 3. The Kier molecular flexibility index (Phi) is 2.95. The molecule has 0 N–H and O–H groups in total. The molecule has 1 heterocycles. The highest BCUT2D eigenvalue weighted by atomic mass is 16.5. The molecule has 2 rings (SSSR count). The minimum atomic E-state index is -0.473. The third-order valence-corrected chi connectivity index (χ3v) is 2.10. The van der Waals surface area contributed by atoms with Gasteiger partial charge in [0, 0.05) is 0 Å². The number of rotatable bonds is 3. The van der Waals surface area contributed by atoms with E-state index in [2.05, 4.69) is 14.9 Å². The summed E-state index contributed by atoms with van der Waals surface area (Å²) in [4.78, 5) is 12.6. The molecule has 16 heavy (non-hydrogen) atoms. The number of hydrogen-bond donors (Lipinski definition) is 0. The summed E-state index contributed by atoms with van der Waals surface area (Å²) in [5.74, 6) is -0.473. The molecular formula is C11H11N3O2. The maximum absolute atomic E-state index is 11.1. The quantitative estimate of drug-likeness (QED) is 0.723. The molecule has 0 spiro atoms. The summed E-state index contributed by atoms with van der Waals surface area (Å²) in [5, 5.41) is 7.99. The molecule has 0 unspecified atom stereocenters. The lowest BCUT2D eigenvalue weighted by atomic mass is 10.2. The molecule has 0 saturated heterocycles. The molecule has 5 nitrogen and oxygen atoms in total. The molecule has 5 heteroatoms. The zero-order valence-corrected chi connectivity index (χ0v) is 8.83. The van der Waals surface area contributed by atoms with E-state index in [0.717, 1.165) is 5.56 Å². The number of hydrogen-bond acceptors (Lipinski definition) is 4. The normalized spacial score (nSPS) is 10.1. The van der Waals surface area contributed by atoms with E-state index in [1.165, 1.54) is 18.1 Å². The van der Waals surface area contributed by atoms with Gasteiger partial charge in [-0.05, 0) is 5.56 Å². The van der Waals surface area contributed by atoms with Crippen molar-refractivity contribution in [3.8, 4) is 0 Å². The van der Waals surface area contributed by atoms with Gasteiger partial charge in [-0.3, -0.25) is 0 Å². The van der Waals surface area contributed by atoms with Gasteiger partial charge in [-0.15, -0.1) is 5.10 Å². The van der Waals surface area contributed by atoms with Crippen LogP contribution in [0.15, 0.2) is 36.5 Å². The van der Waals surface area contributed by atoms with Crippen molar-refractivity contribution in [2.45, 2.75) is 6.54 Å². The Morgan fingerprint density at radius 2 is 2.12 bits per heavy atom. The Balaban J connectivity index is 2.12. The molecule has 0 bridgehead atoms. The first-order valence-electron chi connectivity index (χ1n) is 4.82. The zero-order chi connectivity index (χ0) is 11.4. The molecule has 82 valence electrons. The van der Waals surface area contributed by atoms with E-state index in [4.69, 9.17) is 0 Å². The van der Waals surface area contributed by atoms with Gasteiger partial charge in [-0.1, -0.05) is 30.3 Å². The molecule has 1 aromatic carbocycles. The van der Waals surface area contributed by atoms with Crippen molar-refractivity contribution in [3.05, 3.63) is 47.8 Å². The first-order chi connectivity index (χ1) is 7.79. The van der Waals surface area contributed by atoms with Crippen molar-refractivity contribution in [3.63, 3.8) is 0 Å². The van der Waals surface area contributed by atoms with Gasteiger partial charge in [-0.2, -0.15) is 9.90 Å². The fourth-order valence-electron chi connectivity index (χ4n) is 1.32. The summed E-state index contributed by atoms with van der Waals surface area (Å²) >= 11 is 0. The number of nitrogens with zero attached hydrogens (tertiary/aromatic N) is 3. The molecular weight excluding hydrogens is 206 g/mol. The molecule has 0 aliphatic heterocycles. The van der Waals surface area contributed by atoms with Crippen molar-refractivity contribution in [2.75, 3.05) is 7.11 Å². The molecule has 0 aliphatic rings. The van der Waals surface area contributed by atoms with Crippen LogP contribution in [0.3, 0.4) is 0 Å². The number of carbonyl (C=O) groups excluding carboxylic acids is 1. The Morgan fingerprint density at radius 1 is 1.38 bits per heavy atom. The van der Waals surface area contributed by atoms with Crippen LogP contribution in [-0.4, -0.2) is 28.1 Å². The van der Waals surface area contributed by atoms with Crippen LogP contribution >= 0.6 is 0 Å². The molecule has 1 aromatic heterocycles. The van der Waals surface area contributed by atoms with Crippen LogP contribution in [0.1, 0.15) is 16.1 Å². The maximum atomic E-state index is 11.1. The smallest absolute Gasteiger partial charge is 0.360 e. The molecule has 0 aliphatic carbocycles. The largest absolute Gasteiger partial charge is 0.464 e. The Morgan fingerprint density at radius 3 is 2.81 bits per heavy atom. The van der Waals surface area contributed by atoms with Gasteiger partial charge in [0.15, 0.2) is 5.69 Å². The average Bonchev–Trinajstić information content (AvgIpc) is 2.78. The predicted octanol–water partition coefficient (Wildman–Crippen LogP) is 1.11. The molecule has 0 atom stereocenters. The van der Waals surface area contributed by atoms with Crippen molar-refractivity contribution in [1.82, 2.24) is 15.0 Å². The van der Waals surface area contributed by atoms with Crippen LogP contribution in [0, 0.1) is 0 Å². The third-order valence-electron chi connectivity index (χ3n) is 2.10. The fourth-order valence-corrected chi connectivity index (χ4v) is 1.32. The number of benzene rings is 1. The summed E-state index contributed by atoms with van der Waals surface area (Å²) in [6.45, 7) is 0.540. The molecule has 0 amide bonds. The lowest BCUT2D eigenvalue weighted by Gasteiger charge is -1.99. The summed E-state index contributed by atoms with van der Waals surface area (Å²) in [5.41, 5.74) is 1.30. The van der Waals surface area contributed by atoms with Crippen LogP contribution in [-0.2, 0) is 11.3 Å². The lowest BCUT2D eigenvalue weighted by Crippen LogP contribution is -2.06. The Bertz CT molecular complexity index is 479. The molecule has 0 saturated carbocycles. The second-order valence-electron chi connectivity index (χ2n) is 3.24. The molecule has 2 aromatic rings. The molecule has 0 radical (unpaired) electrons. The lowest BCUT2D eigenvalue weighted by molar-refractivity contribution is 0.0593. The van der Waals surface area contributed by atoms with Crippen LogP contribution in [0.25, 0.3) is 0 Å². The summed E-state index contributed by atoms with van der Waals surface area (Å²) in [7, 11) is 1.32. The SMILES string of the molecule is COC(=O)c1cnn(Cc2ccccc2)n1. The topological polar surface area (TPSA) is 57.0 Å². The van der Waals surface area contributed by atoms with E-state index < -0.39 is 5.97 Å². The van der Waals surface area contributed by atoms with E-state index in [9.17, 15) is 4.79 Å². The fraction of sp³-hybridized carbons (Fsp3) is 0.182. The first-order valence-corrected chi connectivity index (χ1v) is 4.82. The Hall–Kier alpha value is -2.17. The highest BCUT2D eigenvalue weighted by Crippen LogP contribution is 2.01. The van der Waals surface area contributed by atoms with Crippen LogP contribution < -0.4 is 0 Å². The highest BCUT2D eigenvalue weighted by Gasteiger charge is 2.10. The number of ether oxygens (including phenoxy) is 1. The maximum Gasteiger partial charge on any atom is 0.360 e. The number of esters is 1. The Labute approximate surface area is 92.7 Å². The third kappa shape index (κ3) is 2.25. The van der Waals surface area contributed by atoms with Gasteiger partial charge in [-0.25, -0.2) is 4.79 Å². The van der Waals surface area contributed by atoms with Gasteiger partial charge in [0.2, 0.25) is 0 Å². The van der Waals surface area contributed by atoms with Gasteiger partial charge in [0.05, 0.1) is 19.9 Å². The summed E-state index contributed by atoms with van der Waals surface area (Å²) < 4.78 is 4.55. The van der Waals surface area contributed by atoms with Gasteiger partial charge in [0.25, 0.3) is 0 Å². The summed E-state index contributed by atoms with van der Waals surface area (Å²) in [6.07, 6.45) is 1.40. The monoisotopic (exact) mass is 217 g/mol. The highest BCUT2D eigenvalue weighted by molar-refractivity contribution is 5.86. The van der Waals surface area contributed by atoms with Gasteiger partial charge in [0.1, 0.15) is 0 Å². The average molecular weight is 217 g/mol. The van der Waals surface area contributed by atoms with Crippen molar-refractivity contribution >= 4 is 5.97 Å². The van der Waals surface area contributed by atoms with E-state index in [1.807, 2.05) is 30.3 Å². The van der Waals surface area contributed by atoms with E-state index in [-0.39, 0.29) is 5.69 Å². The van der Waals surface area contributed by atoms with Crippen LogP contribution in [0.2, 0.25) is 0 Å². The van der Waals surface area contributed by atoms with Crippen molar-refractivity contribution < 1.29 is 9.53 Å².